The molecule has 1 aliphatic heterocycles. The number of nitrogens with one attached hydrogen (secondary N) is 1. The first-order chi connectivity index (χ1) is 13.7. The highest BCUT2D eigenvalue weighted by Crippen LogP contribution is 2.28. The summed E-state index contributed by atoms with van der Waals surface area (Å²) in [5.41, 5.74) is 2.26. The summed E-state index contributed by atoms with van der Waals surface area (Å²) < 4.78 is 11.1. The molecule has 142 valence electrons. The van der Waals surface area contributed by atoms with E-state index in [1.165, 1.54) is 0 Å². The summed E-state index contributed by atoms with van der Waals surface area (Å²) in [6, 6.07) is 16.4. The summed E-state index contributed by atoms with van der Waals surface area (Å²) in [5, 5.41) is 12.7. The van der Waals surface area contributed by atoms with Crippen molar-refractivity contribution in [1.82, 2.24) is 9.97 Å². The van der Waals surface area contributed by atoms with Crippen LogP contribution in [-0.4, -0.2) is 40.4 Å². The van der Waals surface area contributed by atoms with Gasteiger partial charge in [0, 0.05) is 23.9 Å². The lowest BCUT2D eigenvalue weighted by atomic mass is 10.1. The quantitative estimate of drug-likeness (QED) is 0.676. The summed E-state index contributed by atoms with van der Waals surface area (Å²) >= 11 is 0. The molecule has 1 saturated heterocycles. The maximum Gasteiger partial charge on any atom is 0.339 e. The van der Waals surface area contributed by atoms with Crippen LogP contribution in [0, 0.1) is 0 Å². The molecule has 0 radical (unpaired) electrons. The number of aromatic nitrogens is 2. The molecule has 1 aliphatic rings. The average Bonchev–Trinajstić information content (AvgIpc) is 3.22. The number of carboxylic acids is 1. The van der Waals surface area contributed by atoms with E-state index in [1.54, 1.807) is 30.5 Å². The average molecular weight is 377 g/mol. The Labute approximate surface area is 162 Å². The Morgan fingerprint density at radius 1 is 1.18 bits per heavy atom. The molecule has 2 heterocycles. The Morgan fingerprint density at radius 3 is 2.79 bits per heavy atom. The first kappa shape index (κ1) is 17.9. The monoisotopic (exact) mass is 377 g/mol. The summed E-state index contributed by atoms with van der Waals surface area (Å²) in [6.07, 6.45) is 2.26. The lowest BCUT2D eigenvalue weighted by Gasteiger charge is -2.15. The highest BCUT2D eigenvalue weighted by molar-refractivity contribution is 5.92. The Morgan fingerprint density at radius 2 is 2.04 bits per heavy atom. The van der Waals surface area contributed by atoms with Crippen LogP contribution >= 0.6 is 0 Å². The lowest BCUT2D eigenvalue weighted by Crippen LogP contribution is -2.17. The summed E-state index contributed by atoms with van der Waals surface area (Å²) in [7, 11) is 0. The normalized spacial score (nSPS) is 15.9. The van der Waals surface area contributed by atoms with Crippen LogP contribution in [0.4, 0.5) is 11.6 Å². The number of hydrogen-bond donors (Lipinski definition) is 2. The maximum absolute atomic E-state index is 11.7. The predicted octanol–water partition coefficient (Wildman–Crippen LogP) is 3.75. The summed E-state index contributed by atoms with van der Waals surface area (Å²) in [5.74, 6) is -0.278. The van der Waals surface area contributed by atoms with Crippen LogP contribution in [0.15, 0.2) is 60.8 Å². The zero-order chi connectivity index (χ0) is 19.3. The molecule has 0 amide bonds. The van der Waals surface area contributed by atoms with Crippen LogP contribution in [0.5, 0.6) is 5.75 Å². The minimum absolute atomic E-state index is 0.0978. The number of para-hydroxylation sites is 1. The van der Waals surface area contributed by atoms with E-state index >= 15 is 0 Å². The highest BCUT2D eigenvalue weighted by Gasteiger charge is 2.21. The molecule has 4 rings (SSSR count). The van der Waals surface area contributed by atoms with Crippen molar-refractivity contribution in [1.29, 1.82) is 0 Å². The van der Waals surface area contributed by atoms with Gasteiger partial charge in [0.2, 0.25) is 5.95 Å². The molecular weight excluding hydrogens is 358 g/mol. The fourth-order valence-corrected chi connectivity index (χ4v) is 2.97. The van der Waals surface area contributed by atoms with Gasteiger partial charge in [-0.25, -0.2) is 14.8 Å². The zero-order valence-electron chi connectivity index (χ0n) is 15.0. The third kappa shape index (κ3) is 4.10. The Kier molecular flexibility index (Phi) is 5.16. The van der Waals surface area contributed by atoms with Crippen LogP contribution in [0.3, 0.4) is 0 Å². The van der Waals surface area contributed by atoms with Gasteiger partial charge in [0.15, 0.2) is 0 Å². The van der Waals surface area contributed by atoms with Gasteiger partial charge in [0.25, 0.3) is 0 Å². The van der Waals surface area contributed by atoms with Crippen LogP contribution in [0.25, 0.3) is 11.3 Å². The van der Waals surface area contributed by atoms with Gasteiger partial charge < -0.3 is 19.9 Å². The van der Waals surface area contributed by atoms with E-state index in [-0.39, 0.29) is 11.7 Å². The van der Waals surface area contributed by atoms with Crippen LogP contribution in [0.2, 0.25) is 0 Å². The molecule has 1 aromatic heterocycles. The van der Waals surface area contributed by atoms with Crippen LogP contribution < -0.4 is 10.1 Å². The number of carboxylic acid groups (broad SMARTS) is 1. The number of benzene rings is 2. The predicted molar refractivity (Wildman–Crippen MR) is 104 cm³/mol. The van der Waals surface area contributed by atoms with Gasteiger partial charge in [-0.1, -0.05) is 18.2 Å². The third-order valence-corrected chi connectivity index (χ3v) is 4.37. The minimum atomic E-state index is -1.05. The van der Waals surface area contributed by atoms with Crippen molar-refractivity contribution in [3.63, 3.8) is 0 Å². The van der Waals surface area contributed by atoms with E-state index in [4.69, 9.17) is 9.47 Å². The standard InChI is InChI=1S/C21H19N3O4/c25-20(26)17-12-14(6-7-19(17)28-16-9-11-27-13-16)18-8-10-22-21(24-18)23-15-4-2-1-3-5-15/h1-8,10,12,16H,9,11,13H2,(H,25,26)(H,22,23,24)/t16-/m0/s1. The zero-order valence-corrected chi connectivity index (χ0v) is 15.0. The number of ether oxygens (including phenoxy) is 2. The number of carbonyl (C=O) groups is 1. The van der Waals surface area contributed by atoms with Gasteiger partial charge in [0.1, 0.15) is 17.4 Å². The maximum atomic E-state index is 11.7. The first-order valence-corrected chi connectivity index (χ1v) is 8.96. The molecule has 1 atom stereocenters. The second kappa shape index (κ2) is 8.06. The molecule has 0 aliphatic carbocycles. The number of aromatic carboxylic acids is 1. The van der Waals surface area contributed by atoms with Crippen molar-refractivity contribution in [2.45, 2.75) is 12.5 Å². The molecule has 7 heteroatoms. The first-order valence-electron chi connectivity index (χ1n) is 8.96. The van der Waals surface area contributed by atoms with Gasteiger partial charge >= 0.3 is 5.97 Å². The third-order valence-electron chi connectivity index (χ3n) is 4.37. The van der Waals surface area contributed by atoms with E-state index in [0.717, 1.165) is 12.1 Å². The van der Waals surface area contributed by atoms with Crippen molar-refractivity contribution >= 4 is 17.6 Å². The molecule has 0 saturated carbocycles. The fourth-order valence-electron chi connectivity index (χ4n) is 2.97. The number of anilines is 2. The molecule has 2 N–H and O–H groups in total. The molecule has 3 aromatic rings. The van der Waals surface area contributed by atoms with E-state index in [9.17, 15) is 9.90 Å². The minimum Gasteiger partial charge on any atom is -0.487 e. The number of hydrogen-bond acceptors (Lipinski definition) is 6. The van der Waals surface area contributed by atoms with Gasteiger partial charge in [0.05, 0.1) is 18.9 Å². The number of nitrogens with zero attached hydrogens (tertiary/aromatic N) is 2. The van der Waals surface area contributed by atoms with Crippen molar-refractivity contribution in [3.05, 3.63) is 66.4 Å². The molecule has 0 unspecified atom stereocenters. The van der Waals surface area contributed by atoms with Gasteiger partial charge in [-0.15, -0.1) is 0 Å². The Balaban J connectivity index is 1.60. The molecule has 7 nitrogen and oxygen atoms in total. The van der Waals surface area contributed by atoms with Crippen molar-refractivity contribution in [2.75, 3.05) is 18.5 Å². The highest BCUT2D eigenvalue weighted by atomic mass is 16.5. The van der Waals surface area contributed by atoms with Crippen molar-refractivity contribution in [3.8, 4) is 17.0 Å². The van der Waals surface area contributed by atoms with Crippen molar-refractivity contribution in [2.24, 2.45) is 0 Å². The molecule has 2 aromatic carbocycles. The van der Waals surface area contributed by atoms with Crippen molar-refractivity contribution < 1.29 is 19.4 Å². The molecule has 28 heavy (non-hydrogen) atoms. The lowest BCUT2D eigenvalue weighted by molar-refractivity contribution is 0.0687. The van der Waals surface area contributed by atoms with E-state index in [1.807, 2.05) is 30.3 Å². The second-order valence-electron chi connectivity index (χ2n) is 6.38. The van der Waals surface area contributed by atoms with Gasteiger partial charge in [-0.2, -0.15) is 0 Å². The molecule has 1 fully saturated rings. The topological polar surface area (TPSA) is 93.6 Å². The van der Waals surface area contributed by atoms with E-state index in [2.05, 4.69) is 15.3 Å². The summed E-state index contributed by atoms with van der Waals surface area (Å²) in [4.78, 5) is 20.5. The summed E-state index contributed by atoms with van der Waals surface area (Å²) in [6.45, 7) is 1.10. The van der Waals surface area contributed by atoms with Crippen LogP contribution in [-0.2, 0) is 4.74 Å². The fraction of sp³-hybridized carbons (Fsp3) is 0.190. The SMILES string of the molecule is O=C(O)c1cc(-c2ccnc(Nc3ccccc3)n2)ccc1O[C@H]1CCOC1. The van der Waals surface area contributed by atoms with Gasteiger partial charge in [-0.05, 0) is 36.4 Å². The molecular formula is C21H19N3O4. The molecule has 0 spiro atoms. The van der Waals surface area contributed by atoms with Gasteiger partial charge in [-0.3, -0.25) is 0 Å². The van der Waals surface area contributed by atoms with E-state index in [0.29, 0.717) is 36.2 Å². The molecule has 0 bridgehead atoms. The second-order valence-corrected chi connectivity index (χ2v) is 6.38. The van der Waals surface area contributed by atoms with E-state index < -0.39 is 5.97 Å². The smallest absolute Gasteiger partial charge is 0.339 e. The largest absolute Gasteiger partial charge is 0.487 e. The Hall–Kier alpha value is -3.45. The Bertz CT molecular complexity index is 972. The number of rotatable bonds is 6. The van der Waals surface area contributed by atoms with Crippen LogP contribution in [0.1, 0.15) is 16.8 Å².